The molecule has 1 atom stereocenters. The van der Waals surface area contributed by atoms with Gasteiger partial charge in [-0.25, -0.2) is 0 Å². The van der Waals surface area contributed by atoms with Gasteiger partial charge in [-0.1, -0.05) is 41.9 Å². The average Bonchev–Trinajstić information content (AvgIpc) is 3.10. The van der Waals surface area contributed by atoms with Crippen LogP contribution in [0.15, 0.2) is 48.5 Å². The topological polar surface area (TPSA) is 52.7 Å². The number of nitrogens with zero attached hydrogens (tertiary/aromatic N) is 2. The van der Waals surface area contributed by atoms with Gasteiger partial charge in [0.15, 0.2) is 0 Å². The van der Waals surface area contributed by atoms with E-state index in [4.69, 9.17) is 11.6 Å². The predicted octanol–water partition coefficient (Wildman–Crippen LogP) is 4.32. The number of nitrogens with one attached hydrogen (secondary N) is 1. The van der Waals surface area contributed by atoms with E-state index in [-0.39, 0.29) is 24.2 Å². The average molecular weight is 412 g/mol. The minimum absolute atomic E-state index is 0.0208. The first-order valence-electron chi connectivity index (χ1n) is 10.3. The monoisotopic (exact) mass is 411 g/mol. The normalized spacial score (nSPS) is 19.5. The van der Waals surface area contributed by atoms with E-state index in [1.165, 1.54) is 19.3 Å². The zero-order valence-electron chi connectivity index (χ0n) is 16.4. The molecule has 2 amide bonds. The fraction of sp³-hybridized carbons (Fsp3) is 0.391. The van der Waals surface area contributed by atoms with Crippen LogP contribution in [0.1, 0.15) is 31.2 Å². The molecule has 0 radical (unpaired) electrons. The van der Waals surface area contributed by atoms with Gasteiger partial charge in [-0.2, -0.15) is 0 Å². The van der Waals surface area contributed by atoms with E-state index in [1.54, 1.807) is 4.90 Å². The van der Waals surface area contributed by atoms with Crippen LogP contribution in [-0.2, 0) is 16.1 Å². The second kappa shape index (κ2) is 8.87. The molecule has 2 heterocycles. The molecule has 0 spiro atoms. The lowest BCUT2D eigenvalue weighted by molar-refractivity contribution is -0.128. The van der Waals surface area contributed by atoms with Gasteiger partial charge in [0, 0.05) is 38.3 Å². The molecule has 2 aliphatic rings. The van der Waals surface area contributed by atoms with Gasteiger partial charge >= 0.3 is 0 Å². The molecule has 1 unspecified atom stereocenters. The molecule has 6 heteroatoms. The summed E-state index contributed by atoms with van der Waals surface area (Å²) in [6.45, 7) is 3.03. The number of amides is 2. The van der Waals surface area contributed by atoms with Crippen LogP contribution >= 0.6 is 11.6 Å². The third kappa shape index (κ3) is 4.73. The van der Waals surface area contributed by atoms with E-state index < -0.39 is 0 Å². The molecule has 4 rings (SSSR count). The Morgan fingerprint density at radius 1 is 1.07 bits per heavy atom. The molecule has 1 N–H and O–H groups in total. The first-order valence-corrected chi connectivity index (χ1v) is 10.6. The summed E-state index contributed by atoms with van der Waals surface area (Å²) in [5, 5.41) is 3.59. The molecule has 0 bridgehead atoms. The molecular weight excluding hydrogens is 386 g/mol. The minimum Gasteiger partial charge on any atom is -0.370 e. The molecule has 5 nitrogen and oxygen atoms in total. The van der Waals surface area contributed by atoms with Crippen LogP contribution in [0.4, 0.5) is 11.4 Å². The van der Waals surface area contributed by atoms with Crippen molar-refractivity contribution in [1.82, 2.24) is 4.90 Å². The highest BCUT2D eigenvalue weighted by Crippen LogP contribution is 2.31. The lowest BCUT2D eigenvalue weighted by Gasteiger charge is -2.29. The maximum absolute atomic E-state index is 12.7. The van der Waals surface area contributed by atoms with Crippen LogP contribution in [-0.4, -0.2) is 36.3 Å². The third-order valence-electron chi connectivity index (χ3n) is 5.71. The molecule has 0 aliphatic carbocycles. The van der Waals surface area contributed by atoms with Crippen LogP contribution in [0.25, 0.3) is 0 Å². The van der Waals surface area contributed by atoms with Crippen molar-refractivity contribution in [3.63, 3.8) is 0 Å². The highest BCUT2D eigenvalue weighted by Gasteiger charge is 2.34. The lowest BCUT2D eigenvalue weighted by atomic mass is 10.1. The molecule has 0 aromatic heterocycles. The molecule has 0 saturated carbocycles. The lowest BCUT2D eigenvalue weighted by Crippen LogP contribution is -2.29. The van der Waals surface area contributed by atoms with Gasteiger partial charge in [-0.3, -0.25) is 9.59 Å². The SMILES string of the molecule is O=C(Nc1ccc(N2CCCCC2)c(Cl)c1)C1CC(=O)N(Cc2ccccc2)C1. The van der Waals surface area contributed by atoms with E-state index >= 15 is 0 Å². The van der Waals surface area contributed by atoms with E-state index in [1.807, 2.05) is 48.5 Å². The number of carbonyl (C=O) groups excluding carboxylic acids is 2. The van der Waals surface area contributed by atoms with Crippen molar-refractivity contribution in [3.05, 3.63) is 59.1 Å². The van der Waals surface area contributed by atoms with Crippen LogP contribution in [0, 0.1) is 5.92 Å². The molecule has 2 aliphatic heterocycles. The van der Waals surface area contributed by atoms with Crippen LogP contribution in [0.5, 0.6) is 0 Å². The number of carbonyl (C=O) groups is 2. The van der Waals surface area contributed by atoms with Crippen molar-refractivity contribution >= 4 is 34.8 Å². The van der Waals surface area contributed by atoms with E-state index in [0.29, 0.717) is 23.8 Å². The zero-order valence-corrected chi connectivity index (χ0v) is 17.2. The number of benzene rings is 2. The first kappa shape index (κ1) is 19.8. The second-order valence-corrected chi connectivity index (χ2v) is 8.27. The fourth-order valence-corrected chi connectivity index (χ4v) is 4.42. The number of hydrogen-bond donors (Lipinski definition) is 1. The summed E-state index contributed by atoms with van der Waals surface area (Å²) in [6, 6.07) is 15.5. The van der Waals surface area contributed by atoms with E-state index in [0.717, 1.165) is 24.3 Å². The summed E-state index contributed by atoms with van der Waals surface area (Å²) in [5.41, 5.74) is 2.77. The molecule has 2 aromatic carbocycles. The van der Waals surface area contributed by atoms with Crippen molar-refractivity contribution in [2.45, 2.75) is 32.2 Å². The van der Waals surface area contributed by atoms with Gasteiger partial charge in [0.05, 0.1) is 16.6 Å². The summed E-state index contributed by atoms with van der Waals surface area (Å²) in [7, 11) is 0. The summed E-state index contributed by atoms with van der Waals surface area (Å²) < 4.78 is 0. The smallest absolute Gasteiger partial charge is 0.229 e. The first-order chi connectivity index (χ1) is 14.1. The summed E-state index contributed by atoms with van der Waals surface area (Å²) in [5.74, 6) is -0.449. The Hall–Kier alpha value is -2.53. The van der Waals surface area contributed by atoms with Crippen LogP contribution < -0.4 is 10.2 Å². The summed E-state index contributed by atoms with van der Waals surface area (Å²) in [4.78, 5) is 29.1. The fourth-order valence-electron chi connectivity index (χ4n) is 4.12. The van der Waals surface area contributed by atoms with Gasteiger partial charge in [0.25, 0.3) is 0 Å². The van der Waals surface area contributed by atoms with Gasteiger partial charge in [0.1, 0.15) is 0 Å². The van der Waals surface area contributed by atoms with Crippen LogP contribution in [0.2, 0.25) is 5.02 Å². The quantitative estimate of drug-likeness (QED) is 0.797. The van der Waals surface area contributed by atoms with Gasteiger partial charge in [0.2, 0.25) is 11.8 Å². The van der Waals surface area contributed by atoms with E-state index in [9.17, 15) is 9.59 Å². The Morgan fingerprint density at radius 3 is 2.55 bits per heavy atom. The maximum Gasteiger partial charge on any atom is 0.229 e. The predicted molar refractivity (Wildman–Crippen MR) is 116 cm³/mol. The second-order valence-electron chi connectivity index (χ2n) is 7.86. The molecular formula is C23H26ClN3O2. The van der Waals surface area contributed by atoms with Crippen molar-refractivity contribution in [3.8, 4) is 0 Å². The number of halogens is 1. The molecule has 2 aromatic rings. The van der Waals surface area contributed by atoms with Gasteiger partial charge in [-0.05, 0) is 43.0 Å². The Balaban J connectivity index is 1.36. The summed E-state index contributed by atoms with van der Waals surface area (Å²) in [6.07, 6.45) is 3.88. The standard InChI is InChI=1S/C23H26ClN3O2/c24-20-14-19(9-10-21(20)26-11-5-2-6-12-26)25-23(29)18-13-22(28)27(16-18)15-17-7-3-1-4-8-17/h1,3-4,7-10,14,18H,2,5-6,11-13,15-16H2,(H,25,29). The maximum atomic E-state index is 12.7. The summed E-state index contributed by atoms with van der Waals surface area (Å²) >= 11 is 6.49. The van der Waals surface area contributed by atoms with Crippen molar-refractivity contribution in [2.24, 2.45) is 5.92 Å². The Kier molecular flexibility index (Phi) is 6.05. The Morgan fingerprint density at radius 2 is 1.83 bits per heavy atom. The number of hydrogen-bond acceptors (Lipinski definition) is 3. The Bertz CT molecular complexity index is 881. The number of rotatable bonds is 5. The highest BCUT2D eigenvalue weighted by atomic mass is 35.5. The van der Waals surface area contributed by atoms with Crippen molar-refractivity contribution in [2.75, 3.05) is 29.9 Å². The van der Waals surface area contributed by atoms with Crippen molar-refractivity contribution in [1.29, 1.82) is 0 Å². The van der Waals surface area contributed by atoms with Gasteiger partial charge in [-0.15, -0.1) is 0 Å². The zero-order chi connectivity index (χ0) is 20.2. The van der Waals surface area contributed by atoms with Crippen molar-refractivity contribution < 1.29 is 9.59 Å². The van der Waals surface area contributed by atoms with Crippen LogP contribution in [0.3, 0.4) is 0 Å². The molecule has 2 saturated heterocycles. The molecule has 152 valence electrons. The van der Waals surface area contributed by atoms with Gasteiger partial charge < -0.3 is 15.1 Å². The molecule has 2 fully saturated rings. The third-order valence-corrected chi connectivity index (χ3v) is 6.02. The number of anilines is 2. The Labute approximate surface area is 176 Å². The highest BCUT2D eigenvalue weighted by molar-refractivity contribution is 6.33. The number of piperidine rings is 1. The largest absolute Gasteiger partial charge is 0.370 e. The minimum atomic E-state index is -0.341. The number of likely N-dealkylation sites (tertiary alicyclic amines) is 1. The van der Waals surface area contributed by atoms with E-state index in [2.05, 4.69) is 10.2 Å². The molecule has 29 heavy (non-hydrogen) atoms.